The Morgan fingerprint density at radius 3 is 3.27 bits per heavy atom. The molecule has 2 atom stereocenters. The minimum atomic E-state index is 0.669. The maximum absolute atomic E-state index is 4.58. The first kappa shape index (κ1) is 9.54. The molecule has 4 nitrogen and oxygen atoms in total. The molecule has 1 N–H and O–H groups in total. The molecule has 0 amide bonds. The average molecular weight is 224 g/mol. The van der Waals surface area contributed by atoms with E-state index >= 15 is 0 Å². The number of anilines is 1. The van der Waals surface area contributed by atoms with Gasteiger partial charge in [-0.2, -0.15) is 4.37 Å². The topological polar surface area (TPSA) is 41.1 Å². The van der Waals surface area contributed by atoms with E-state index in [-0.39, 0.29) is 0 Å². The highest BCUT2D eigenvalue weighted by molar-refractivity contribution is 7.09. The Kier molecular flexibility index (Phi) is 2.36. The van der Waals surface area contributed by atoms with Crippen LogP contribution in [-0.2, 0) is 6.42 Å². The molecule has 1 aromatic rings. The summed E-state index contributed by atoms with van der Waals surface area (Å²) in [5, 5.41) is 4.59. The molecule has 0 aliphatic carbocycles. The number of hydrogen-bond acceptors (Lipinski definition) is 5. The van der Waals surface area contributed by atoms with Gasteiger partial charge >= 0.3 is 0 Å². The summed E-state index contributed by atoms with van der Waals surface area (Å²) in [7, 11) is 0. The molecule has 0 spiro atoms. The molecule has 82 valence electrons. The van der Waals surface area contributed by atoms with Crippen molar-refractivity contribution in [3.8, 4) is 0 Å². The largest absolute Gasteiger partial charge is 0.342 e. The van der Waals surface area contributed by atoms with Crippen LogP contribution < -0.4 is 10.2 Å². The molecule has 1 aromatic heterocycles. The first-order valence-electron chi connectivity index (χ1n) is 5.68. The molecule has 2 saturated heterocycles. The van der Waals surface area contributed by atoms with Gasteiger partial charge in [0.15, 0.2) is 0 Å². The van der Waals surface area contributed by atoms with Gasteiger partial charge in [0.1, 0.15) is 5.82 Å². The van der Waals surface area contributed by atoms with Crippen LogP contribution in [0.3, 0.4) is 0 Å². The maximum Gasteiger partial charge on any atom is 0.205 e. The zero-order chi connectivity index (χ0) is 10.3. The van der Waals surface area contributed by atoms with Gasteiger partial charge in [-0.25, -0.2) is 4.98 Å². The van der Waals surface area contributed by atoms with Gasteiger partial charge in [0.2, 0.25) is 5.13 Å². The Balaban J connectivity index is 1.81. The molecular formula is C10H16N4S. The van der Waals surface area contributed by atoms with Gasteiger partial charge in [-0.05, 0) is 12.3 Å². The summed E-state index contributed by atoms with van der Waals surface area (Å²) in [6.45, 7) is 5.57. The van der Waals surface area contributed by atoms with Crippen LogP contribution in [-0.4, -0.2) is 35.0 Å². The van der Waals surface area contributed by atoms with E-state index in [0.29, 0.717) is 6.04 Å². The van der Waals surface area contributed by atoms with Crippen LogP contribution in [0, 0.1) is 5.92 Å². The third kappa shape index (κ3) is 1.54. The lowest BCUT2D eigenvalue weighted by atomic mass is 10.1. The third-order valence-corrected chi connectivity index (χ3v) is 4.26. The van der Waals surface area contributed by atoms with Crippen LogP contribution in [0.15, 0.2) is 0 Å². The number of aryl methyl sites for hydroxylation is 1. The van der Waals surface area contributed by atoms with Crippen molar-refractivity contribution in [3.05, 3.63) is 5.82 Å². The second-order valence-corrected chi connectivity index (χ2v) is 5.04. The molecule has 0 unspecified atom stereocenters. The van der Waals surface area contributed by atoms with E-state index in [2.05, 4.69) is 26.5 Å². The SMILES string of the molecule is CCc1nsc(N2CC[C@H]3CNC[C@H]32)n1. The van der Waals surface area contributed by atoms with Crippen molar-refractivity contribution in [2.45, 2.75) is 25.8 Å². The summed E-state index contributed by atoms with van der Waals surface area (Å²) in [4.78, 5) is 7.02. The quantitative estimate of drug-likeness (QED) is 0.810. The first-order chi connectivity index (χ1) is 7.38. The Morgan fingerprint density at radius 1 is 1.53 bits per heavy atom. The lowest BCUT2D eigenvalue weighted by molar-refractivity contribution is 0.578. The van der Waals surface area contributed by atoms with Crippen molar-refractivity contribution < 1.29 is 0 Å². The lowest BCUT2D eigenvalue weighted by Crippen LogP contribution is -2.33. The van der Waals surface area contributed by atoms with Crippen molar-refractivity contribution in [3.63, 3.8) is 0 Å². The zero-order valence-corrected chi connectivity index (χ0v) is 9.76. The van der Waals surface area contributed by atoms with Crippen molar-refractivity contribution in [2.24, 2.45) is 5.92 Å². The first-order valence-corrected chi connectivity index (χ1v) is 6.45. The normalized spacial score (nSPS) is 29.8. The Labute approximate surface area is 93.9 Å². The molecule has 15 heavy (non-hydrogen) atoms. The average Bonchev–Trinajstić information content (AvgIpc) is 2.92. The van der Waals surface area contributed by atoms with Crippen LogP contribution in [0.2, 0.25) is 0 Å². The van der Waals surface area contributed by atoms with Gasteiger partial charge in [-0.15, -0.1) is 0 Å². The Bertz CT molecular complexity index is 351. The van der Waals surface area contributed by atoms with E-state index in [1.165, 1.54) is 13.0 Å². The van der Waals surface area contributed by atoms with Gasteiger partial charge in [0.25, 0.3) is 0 Å². The molecule has 3 rings (SSSR count). The molecule has 5 heteroatoms. The molecule has 0 radical (unpaired) electrons. The molecule has 3 heterocycles. The van der Waals surface area contributed by atoms with Crippen LogP contribution in [0.5, 0.6) is 0 Å². The number of aromatic nitrogens is 2. The molecule has 2 fully saturated rings. The molecule has 0 saturated carbocycles. The number of nitrogens with zero attached hydrogens (tertiary/aromatic N) is 3. The highest BCUT2D eigenvalue weighted by Gasteiger charge is 2.38. The summed E-state index contributed by atoms with van der Waals surface area (Å²) in [6, 6.07) is 0.669. The third-order valence-electron chi connectivity index (χ3n) is 3.46. The predicted octanol–water partition coefficient (Wildman–Crippen LogP) is 0.899. The summed E-state index contributed by atoms with van der Waals surface area (Å²) in [6.07, 6.45) is 2.25. The van der Waals surface area contributed by atoms with Crippen molar-refractivity contribution in [2.75, 3.05) is 24.5 Å². The molecule has 0 bridgehead atoms. The van der Waals surface area contributed by atoms with Gasteiger partial charge in [0, 0.05) is 43.6 Å². The second-order valence-electron chi connectivity index (χ2n) is 4.31. The van der Waals surface area contributed by atoms with Crippen LogP contribution in [0.4, 0.5) is 5.13 Å². The lowest BCUT2D eigenvalue weighted by Gasteiger charge is -2.21. The van der Waals surface area contributed by atoms with Crippen LogP contribution >= 0.6 is 11.5 Å². The highest BCUT2D eigenvalue weighted by atomic mass is 32.1. The summed E-state index contributed by atoms with van der Waals surface area (Å²) >= 11 is 1.56. The molecule has 0 aromatic carbocycles. The minimum absolute atomic E-state index is 0.669. The monoisotopic (exact) mass is 224 g/mol. The fraction of sp³-hybridized carbons (Fsp3) is 0.800. The van der Waals surface area contributed by atoms with E-state index in [1.807, 2.05) is 0 Å². The van der Waals surface area contributed by atoms with Gasteiger partial charge in [-0.3, -0.25) is 0 Å². The van der Waals surface area contributed by atoms with E-state index in [9.17, 15) is 0 Å². The molecule has 2 aliphatic rings. The fourth-order valence-electron chi connectivity index (χ4n) is 2.59. The van der Waals surface area contributed by atoms with Gasteiger partial charge in [-0.1, -0.05) is 6.92 Å². The molecular weight excluding hydrogens is 208 g/mol. The van der Waals surface area contributed by atoms with Gasteiger partial charge in [0.05, 0.1) is 0 Å². The number of fused-ring (bicyclic) bond motifs is 1. The maximum atomic E-state index is 4.58. The van der Waals surface area contributed by atoms with E-state index < -0.39 is 0 Å². The number of hydrogen-bond donors (Lipinski definition) is 1. The van der Waals surface area contributed by atoms with E-state index in [0.717, 1.165) is 36.4 Å². The smallest absolute Gasteiger partial charge is 0.205 e. The second kappa shape index (κ2) is 3.72. The van der Waals surface area contributed by atoms with Crippen LogP contribution in [0.25, 0.3) is 0 Å². The zero-order valence-electron chi connectivity index (χ0n) is 8.94. The summed E-state index contributed by atoms with van der Waals surface area (Å²) in [5.41, 5.74) is 0. The Morgan fingerprint density at radius 2 is 2.47 bits per heavy atom. The fourth-order valence-corrected chi connectivity index (χ4v) is 3.43. The summed E-state index contributed by atoms with van der Waals surface area (Å²) < 4.78 is 4.36. The van der Waals surface area contributed by atoms with Crippen molar-refractivity contribution in [1.82, 2.24) is 14.7 Å². The standard InChI is InChI=1S/C10H16N4S/c1-2-9-12-10(15-13-9)14-4-3-7-5-11-6-8(7)14/h7-8,11H,2-6H2,1H3/t7-,8+/m0/s1. The van der Waals surface area contributed by atoms with Crippen molar-refractivity contribution in [1.29, 1.82) is 0 Å². The number of rotatable bonds is 2. The number of nitrogens with one attached hydrogen (secondary N) is 1. The highest BCUT2D eigenvalue weighted by Crippen LogP contribution is 2.32. The summed E-state index contributed by atoms with van der Waals surface area (Å²) in [5.74, 6) is 1.82. The van der Waals surface area contributed by atoms with E-state index in [1.54, 1.807) is 11.5 Å². The Hall–Kier alpha value is -0.680. The minimum Gasteiger partial charge on any atom is -0.342 e. The predicted molar refractivity (Wildman–Crippen MR) is 61.4 cm³/mol. The van der Waals surface area contributed by atoms with E-state index in [4.69, 9.17) is 0 Å². The van der Waals surface area contributed by atoms with Crippen molar-refractivity contribution >= 4 is 16.7 Å². The molecule has 2 aliphatic heterocycles. The van der Waals surface area contributed by atoms with Crippen LogP contribution in [0.1, 0.15) is 19.2 Å². The van der Waals surface area contributed by atoms with Gasteiger partial charge < -0.3 is 10.2 Å².